The lowest BCUT2D eigenvalue weighted by molar-refractivity contribution is -0.161. The van der Waals surface area contributed by atoms with Crippen LogP contribution in [0.5, 0.6) is 0 Å². The van der Waals surface area contributed by atoms with E-state index in [0.717, 1.165) is 37.9 Å². The van der Waals surface area contributed by atoms with Crippen LogP contribution in [0, 0.1) is 0 Å². The van der Waals surface area contributed by atoms with E-state index in [9.17, 15) is 4.79 Å². The van der Waals surface area contributed by atoms with Crippen LogP contribution >= 0.6 is 0 Å². The maximum atomic E-state index is 11.8. The van der Waals surface area contributed by atoms with Crippen LogP contribution in [-0.4, -0.2) is 32.5 Å². The van der Waals surface area contributed by atoms with E-state index in [2.05, 4.69) is 11.9 Å². The first-order valence-electron chi connectivity index (χ1n) is 7.92. The summed E-state index contributed by atoms with van der Waals surface area (Å²) in [6.07, 6.45) is 6.63. The average molecular weight is 303 g/mol. The number of amides is 1. The fraction of sp³-hybridized carbons (Fsp3) is 0.500. The zero-order chi connectivity index (χ0) is 15.8. The second-order valence-electron chi connectivity index (χ2n) is 5.47. The van der Waals surface area contributed by atoms with E-state index in [4.69, 9.17) is 9.47 Å². The van der Waals surface area contributed by atoms with Crippen molar-refractivity contribution in [2.24, 2.45) is 0 Å². The topological polar surface area (TPSA) is 47.6 Å². The smallest absolute Gasteiger partial charge is 0.251 e. The lowest BCUT2D eigenvalue weighted by atomic mass is 9.99. The lowest BCUT2D eigenvalue weighted by Gasteiger charge is -2.23. The van der Waals surface area contributed by atoms with Crippen molar-refractivity contribution < 1.29 is 14.3 Å². The van der Waals surface area contributed by atoms with Crippen molar-refractivity contribution in [1.29, 1.82) is 0 Å². The van der Waals surface area contributed by atoms with Gasteiger partial charge >= 0.3 is 0 Å². The molecular weight excluding hydrogens is 278 g/mol. The number of ether oxygens (including phenoxy) is 2. The van der Waals surface area contributed by atoms with Gasteiger partial charge in [0.05, 0.1) is 6.61 Å². The summed E-state index contributed by atoms with van der Waals surface area (Å²) in [6.45, 7) is 5.19. The van der Waals surface area contributed by atoms with Gasteiger partial charge in [-0.25, -0.2) is 0 Å². The van der Waals surface area contributed by atoms with Crippen molar-refractivity contribution in [3.63, 3.8) is 0 Å². The molecular formula is C18H25NO3. The molecule has 1 heterocycles. The molecule has 1 amide bonds. The molecule has 0 aliphatic carbocycles. The van der Waals surface area contributed by atoms with Crippen LogP contribution < -0.4 is 5.32 Å². The molecule has 4 heteroatoms. The first-order chi connectivity index (χ1) is 10.7. The summed E-state index contributed by atoms with van der Waals surface area (Å²) >= 11 is 0. The van der Waals surface area contributed by atoms with Gasteiger partial charge in [0.2, 0.25) is 0 Å². The molecule has 0 radical (unpaired) electrons. The van der Waals surface area contributed by atoms with Gasteiger partial charge in [0.15, 0.2) is 6.29 Å². The summed E-state index contributed by atoms with van der Waals surface area (Å²) in [6, 6.07) is 5.80. The largest absolute Gasteiger partial charge is 0.355 e. The minimum absolute atomic E-state index is 0.0667. The van der Waals surface area contributed by atoms with Gasteiger partial charge in [0.25, 0.3) is 5.91 Å². The van der Waals surface area contributed by atoms with Gasteiger partial charge in [0.1, 0.15) is 0 Å². The Bertz CT molecular complexity index is 507. The van der Waals surface area contributed by atoms with Gasteiger partial charge in [-0.05, 0) is 55.4 Å². The summed E-state index contributed by atoms with van der Waals surface area (Å²) in [7, 11) is 1.64. The maximum Gasteiger partial charge on any atom is 0.251 e. The maximum absolute atomic E-state index is 11.8. The molecule has 1 atom stereocenters. The molecule has 1 aliphatic heterocycles. The number of hydrogen-bond acceptors (Lipinski definition) is 3. The average Bonchev–Trinajstić information content (AvgIpc) is 2.56. The molecule has 1 unspecified atom stereocenters. The Labute approximate surface area is 132 Å². The first kappa shape index (κ1) is 16.7. The predicted molar refractivity (Wildman–Crippen MR) is 87.0 cm³/mol. The number of nitrogens with one attached hydrogen (secondary N) is 1. The van der Waals surface area contributed by atoms with Gasteiger partial charge in [-0.2, -0.15) is 0 Å². The molecule has 1 aliphatic rings. The predicted octanol–water partition coefficient (Wildman–Crippen LogP) is 2.86. The Morgan fingerprint density at radius 3 is 3.00 bits per heavy atom. The van der Waals surface area contributed by atoms with E-state index in [1.54, 1.807) is 7.05 Å². The molecule has 0 saturated carbocycles. The summed E-state index contributed by atoms with van der Waals surface area (Å²) in [5, 5.41) is 2.66. The number of rotatable bonds is 7. The fourth-order valence-electron chi connectivity index (χ4n) is 2.64. The highest BCUT2D eigenvalue weighted by molar-refractivity contribution is 5.94. The van der Waals surface area contributed by atoms with Crippen molar-refractivity contribution in [2.45, 2.75) is 38.4 Å². The molecule has 1 N–H and O–H groups in total. The normalized spacial score (nSPS) is 18.0. The minimum atomic E-state index is -0.0706. The van der Waals surface area contributed by atoms with Crippen LogP contribution in [-0.2, 0) is 22.3 Å². The lowest BCUT2D eigenvalue weighted by Crippen LogP contribution is -2.23. The number of allylic oxidation sites excluding steroid dienone is 1. The van der Waals surface area contributed by atoms with Crippen LogP contribution in [0.25, 0.3) is 0 Å². The van der Waals surface area contributed by atoms with Gasteiger partial charge < -0.3 is 14.8 Å². The van der Waals surface area contributed by atoms with Crippen molar-refractivity contribution in [2.75, 3.05) is 20.3 Å². The van der Waals surface area contributed by atoms with Crippen molar-refractivity contribution in [3.05, 3.63) is 47.5 Å². The van der Waals surface area contributed by atoms with Crippen molar-refractivity contribution in [3.8, 4) is 0 Å². The van der Waals surface area contributed by atoms with E-state index in [1.165, 1.54) is 12.0 Å². The fourth-order valence-corrected chi connectivity index (χ4v) is 2.64. The third kappa shape index (κ3) is 4.68. The van der Waals surface area contributed by atoms with E-state index < -0.39 is 0 Å². The standard InChI is InChI=1S/C18H25NO3/c1-3-6-14-8-9-16(18(20)19-2)13-15(14)10-12-22-17-7-4-5-11-21-17/h3,8-9,13,17H,1,4-7,10-12H2,2H3,(H,19,20). The molecule has 1 aromatic carbocycles. The van der Waals surface area contributed by atoms with Gasteiger partial charge in [-0.1, -0.05) is 12.1 Å². The van der Waals surface area contributed by atoms with Crippen LogP contribution in [0.3, 0.4) is 0 Å². The highest BCUT2D eigenvalue weighted by Gasteiger charge is 2.14. The zero-order valence-electron chi connectivity index (χ0n) is 13.3. The molecule has 1 saturated heterocycles. The molecule has 120 valence electrons. The third-order valence-corrected chi connectivity index (χ3v) is 3.87. The highest BCUT2D eigenvalue weighted by Crippen LogP contribution is 2.17. The molecule has 0 bridgehead atoms. The molecule has 4 nitrogen and oxygen atoms in total. The number of benzene rings is 1. The third-order valence-electron chi connectivity index (χ3n) is 3.87. The second-order valence-corrected chi connectivity index (χ2v) is 5.47. The molecule has 1 aromatic rings. The Morgan fingerprint density at radius 2 is 2.32 bits per heavy atom. The van der Waals surface area contributed by atoms with Crippen LogP contribution in [0.15, 0.2) is 30.9 Å². The Hall–Kier alpha value is -1.65. The Balaban J connectivity index is 1.99. The van der Waals surface area contributed by atoms with Gasteiger partial charge in [-0.3, -0.25) is 4.79 Å². The summed E-state index contributed by atoms with van der Waals surface area (Å²) in [5.41, 5.74) is 3.01. The van der Waals surface area contributed by atoms with Gasteiger partial charge in [-0.15, -0.1) is 6.58 Å². The Kier molecular flexibility index (Phi) is 6.62. The Morgan fingerprint density at radius 1 is 1.45 bits per heavy atom. The van der Waals surface area contributed by atoms with Crippen LogP contribution in [0.1, 0.15) is 40.7 Å². The first-order valence-corrected chi connectivity index (χ1v) is 7.92. The van der Waals surface area contributed by atoms with Crippen molar-refractivity contribution in [1.82, 2.24) is 5.32 Å². The molecule has 0 aromatic heterocycles. The number of hydrogen-bond donors (Lipinski definition) is 1. The second kappa shape index (κ2) is 8.71. The van der Waals surface area contributed by atoms with E-state index in [0.29, 0.717) is 12.2 Å². The molecule has 2 rings (SSSR count). The van der Waals surface area contributed by atoms with E-state index in [1.807, 2.05) is 24.3 Å². The molecule has 0 spiro atoms. The number of carbonyl (C=O) groups is 1. The number of carbonyl (C=O) groups excluding carboxylic acids is 1. The zero-order valence-corrected chi connectivity index (χ0v) is 13.3. The summed E-state index contributed by atoms with van der Waals surface area (Å²) in [5.74, 6) is -0.0667. The molecule has 1 fully saturated rings. The van der Waals surface area contributed by atoms with E-state index >= 15 is 0 Å². The highest BCUT2D eigenvalue weighted by atomic mass is 16.7. The van der Waals surface area contributed by atoms with Crippen LogP contribution in [0.4, 0.5) is 0 Å². The monoisotopic (exact) mass is 303 g/mol. The van der Waals surface area contributed by atoms with Crippen molar-refractivity contribution >= 4 is 5.91 Å². The molecule has 22 heavy (non-hydrogen) atoms. The minimum Gasteiger partial charge on any atom is -0.355 e. The quantitative estimate of drug-likeness (QED) is 0.788. The van der Waals surface area contributed by atoms with Crippen LogP contribution in [0.2, 0.25) is 0 Å². The summed E-state index contributed by atoms with van der Waals surface area (Å²) in [4.78, 5) is 11.8. The summed E-state index contributed by atoms with van der Waals surface area (Å²) < 4.78 is 11.4. The van der Waals surface area contributed by atoms with Gasteiger partial charge in [0, 0.05) is 19.2 Å². The van der Waals surface area contributed by atoms with E-state index in [-0.39, 0.29) is 12.2 Å². The SMILES string of the molecule is C=CCc1ccc(C(=O)NC)cc1CCOC1CCCCO1.